The lowest BCUT2D eigenvalue weighted by Gasteiger charge is -2.16. The molecule has 232 valence electrons. The van der Waals surface area contributed by atoms with Crippen molar-refractivity contribution in [1.82, 2.24) is 0 Å². The Morgan fingerprint density at radius 2 is 0.711 bits per heavy atom. The molecular weight excluding hydrogens is 560 g/mol. The smallest absolute Gasteiger partial charge is 0.122 e. The van der Waals surface area contributed by atoms with Gasteiger partial charge in [-0.2, -0.15) is 0 Å². The van der Waals surface area contributed by atoms with Crippen LogP contribution in [-0.4, -0.2) is 25.5 Å². The van der Waals surface area contributed by atoms with Crippen LogP contribution in [0.5, 0.6) is 28.7 Å². The summed E-state index contributed by atoms with van der Waals surface area (Å²) in [5.74, 6) is 1.32. The summed E-state index contributed by atoms with van der Waals surface area (Å²) in [5, 5.41) is 53.4. The van der Waals surface area contributed by atoms with Gasteiger partial charge in [0.2, 0.25) is 0 Å². The zero-order valence-electron chi connectivity index (χ0n) is 26.9. The summed E-state index contributed by atoms with van der Waals surface area (Å²) < 4.78 is 0. The standard InChI is InChI=1S/C40H42O5/c1-22-9-32(18-30-14-26(5)38(43)34(20-30)16-28-7-8-36(41)23(2)11-28)40(45)33(10-22)19-31-15-27(6)39(44)35(21-31)17-29-12-24(3)37(42)25(4)13-29/h7-15,20-21,41-45H,16-19H2,1-6H3. The molecule has 45 heavy (non-hydrogen) atoms. The van der Waals surface area contributed by atoms with Gasteiger partial charge in [-0.05, 0) is 120 Å². The summed E-state index contributed by atoms with van der Waals surface area (Å²) in [6, 6.07) is 21.3. The number of aromatic hydroxyl groups is 5. The highest BCUT2D eigenvalue weighted by Gasteiger charge is 2.16. The van der Waals surface area contributed by atoms with Crippen LogP contribution in [0.2, 0.25) is 0 Å². The third-order valence-corrected chi connectivity index (χ3v) is 8.68. The first-order valence-electron chi connectivity index (χ1n) is 15.3. The first-order chi connectivity index (χ1) is 21.3. The van der Waals surface area contributed by atoms with Crippen molar-refractivity contribution in [2.24, 2.45) is 0 Å². The predicted octanol–water partition coefficient (Wildman–Crippen LogP) is 8.43. The maximum atomic E-state index is 11.5. The van der Waals surface area contributed by atoms with E-state index in [0.29, 0.717) is 31.4 Å². The molecule has 5 N–H and O–H groups in total. The van der Waals surface area contributed by atoms with Crippen LogP contribution < -0.4 is 0 Å². The minimum absolute atomic E-state index is 0.249. The molecule has 0 aliphatic rings. The second kappa shape index (κ2) is 12.6. The van der Waals surface area contributed by atoms with Gasteiger partial charge in [-0.3, -0.25) is 0 Å². The molecule has 0 atom stereocenters. The fourth-order valence-corrected chi connectivity index (χ4v) is 6.40. The molecule has 5 heteroatoms. The molecule has 5 nitrogen and oxygen atoms in total. The SMILES string of the molecule is Cc1cc(Cc2cc(C)c(O)c(Cc3ccc(O)c(C)c3)c2)c(O)c(Cc2cc(C)c(O)c(Cc3cc(C)c(O)c(C)c3)c2)c1. The molecule has 5 aromatic rings. The fraction of sp³-hybridized carbons (Fsp3) is 0.250. The molecular formula is C40H42O5. The average molecular weight is 603 g/mol. The molecule has 0 unspecified atom stereocenters. The van der Waals surface area contributed by atoms with Gasteiger partial charge in [0.1, 0.15) is 28.7 Å². The van der Waals surface area contributed by atoms with Gasteiger partial charge in [0, 0.05) is 25.7 Å². The molecule has 0 fully saturated rings. The van der Waals surface area contributed by atoms with Crippen molar-refractivity contribution in [1.29, 1.82) is 0 Å². The van der Waals surface area contributed by atoms with Crippen LogP contribution in [0.4, 0.5) is 0 Å². The van der Waals surface area contributed by atoms with Gasteiger partial charge in [0.15, 0.2) is 0 Å². The topological polar surface area (TPSA) is 101 Å². The van der Waals surface area contributed by atoms with Crippen molar-refractivity contribution in [2.75, 3.05) is 0 Å². The number of hydrogen-bond donors (Lipinski definition) is 5. The highest BCUT2D eigenvalue weighted by Crippen LogP contribution is 2.34. The summed E-state index contributed by atoms with van der Waals surface area (Å²) in [7, 11) is 0. The quantitative estimate of drug-likeness (QED) is 0.123. The Balaban J connectivity index is 1.43. The van der Waals surface area contributed by atoms with Gasteiger partial charge in [-0.1, -0.05) is 66.2 Å². The zero-order valence-corrected chi connectivity index (χ0v) is 26.9. The van der Waals surface area contributed by atoms with E-state index in [2.05, 4.69) is 0 Å². The van der Waals surface area contributed by atoms with Crippen molar-refractivity contribution < 1.29 is 25.5 Å². The minimum atomic E-state index is 0.249. The van der Waals surface area contributed by atoms with Crippen LogP contribution in [-0.2, 0) is 25.7 Å². The third kappa shape index (κ3) is 6.93. The lowest BCUT2D eigenvalue weighted by Crippen LogP contribution is -2.00. The largest absolute Gasteiger partial charge is 0.508 e. The van der Waals surface area contributed by atoms with E-state index < -0.39 is 0 Å². The number of phenols is 5. The summed E-state index contributed by atoms with van der Waals surface area (Å²) in [6.45, 7) is 11.4. The Morgan fingerprint density at radius 3 is 1.16 bits per heavy atom. The average Bonchev–Trinajstić information content (AvgIpc) is 2.97. The van der Waals surface area contributed by atoms with Crippen LogP contribution in [0.15, 0.2) is 66.7 Å². The maximum absolute atomic E-state index is 11.5. The van der Waals surface area contributed by atoms with Crippen molar-refractivity contribution in [3.05, 3.63) is 145 Å². The van der Waals surface area contributed by atoms with Gasteiger partial charge in [-0.25, -0.2) is 0 Å². The van der Waals surface area contributed by atoms with Crippen LogP contribution in [0.3, 0.4) is 0 Å². The van der Waals surface area contributed by atoms with Crippen LogP contribution in [0.25, 0.3) is 0 Å². The third-order valence-electron chi connectivity index (χ3n) is 8.68. The van der Waals surface area contributed by atoms with E-state index in [1.165, 1.54) is 0 Å². The maximum Gasteiger partial charge on any atom is 0.122 e. The van der Waals surface area contributed by atoms with E-state index >= 15 is 0 Å². The van der Waals surface area contributed by atoms with E-state index in [0.717, 1.165) is 77.9 Å². The van der Waals surface area contributed by atoms with Crippen molar-refractivity contribution in [3.8, 4) is 28.7 Å². The summed E-state index contributed by atoms with van der Waals surface area (Å²) in [5.41, 5.74) is 12.2. The van der Waals surface area contributed by atoms with Crippen molar-refractivity contribution in [2.45, 2.75) is 67.2 Å². The molecule has 5 rings (SSSR count). The van der Waals surface area contributed by atoms with Gasteiger partial charge < -0.3 is 25.5 Å². The Morgan fingerprint density at radius 1 is 0.356 bits per heavy atom. The molecule has 0 bridgehead atoms. The van der Waals surface area contributed by atoms with Crippen LogP contribution >= 0.6 is 0 Å². The fourth-order valence-electron chi connectivity index (χ4n) is 6.40. The first-order valence-corrected chi connectivity index (χ1v) is 15.3. The number of aryl methyl sites for hydroxylation is 6. The minimum Gasteiger partial charge on any atom is -0.508 e. The second-order valence-electron chi connectivity index (χ2n) is 12.7. The monoisotopic (exact) mass is 602 g/mol. The van der Waals surface area contributed by atoms with E-state index in [4.69, 9.17) is 0 Å². The first kappa shape index (κ1) is 31.5. The summed E-state index contributed by atoms with van der Waals surface area (Å²) in [4.78, 5) is 0. The van der Waals surface area contributed by atoms with Crippen LogP contribution in [0.1, 0.15) is 77.9 Å². The molecule has 0 aliphatic carbocycles. The number of benzene rings is 5. The molecule has 0 heterocycles. The number of hydrogen-bond acceptors (Lipinski definition) is 5. The molecule has 0 amide bonds. The predicted molar refractivity (Wildman–Crippen MR) is 180 cm³/mol. The van der Waals surface area contributed by atoms with E-state index in [1.54, 1.807) is 6.07 Å². The number of rotatable bonds is 8. The van der Waals surface area contributed by atoms with Crippen molar-refractivity contribution >= 4 is 0 Å². The molecule has 0 saturated carbocycles. The van der Waals surface area contributed by atoms with Gasteiger partial charge in [0.05, 0.1) is 0 Å². The lowest BCUT2D eigenvalue weighted by atomic mass is 9.91. The molecule has 0 spiro atoms. The van der Waals surface area contributed by atoms with E-state index in [9.17, 15) is 25.5 Å². The molecule has 0 radical (unpaired) electrons. The van der Waals surface area contributed by atoms with Gasteiger partial charge >= 0.3 is 0 Å². The van der Waals surface area contributed by atoms with Gasteiger partial charge in [0.25, 0.3) is 0 Å². The molecule has 5 aromatic carbocycles. The van der Waals surface area contributed by atoms with Crippen molar-refractivity contribution in [3.63, 3.8) is 0 Å². The number of phenolic OH excluding ortho intramolecular Hbond substituents is 5. The molecule has 0 aromatic heterocycles. The Hall–Kier alpha value is -4.90. The molecule has 0 aliphatic heterocycles. The highest BCUT2D eigenvalue weighted by molar-refractivity contribution is 5.53. The Kier molecular flexibility index (Phi) is 8.83. The molecule has 0 saturated heterocycles. The normalized spacial score (nSPS) is 11.2. The van der Waals surface area contributed by atoms with E-state index in [-0.39, 0.29) is 23.0 Å². The zero-order chi connectivity index (χ0) is 32.6. The summed E-state index contributed by atoms with van der Waals surface area (Å²) in [6.07, 6.45) is 2.06. The highest BCUT2D eigenvalue weighted by atomic mass is 16.3. The van der Waals surface area contributed by atoms with Crippen LogP contribution in [0, 0.1) is 41.5 Å². The summed E-state index contributed by atoms with van der Waals surface area (Å²) >= 11 is 0. The lowest BCUT2D eigenvalue weighted by molar-refractivity contribution is 0.462. The second-order valence-corrected chi connectivity index (χ2v) is 12.7. The Bertz CT molecular complexity index is 1890. The Labute approximate surface area is 265 Å². The van der Waals surface area contributed by atoms with E-state index in [1.807, 2.05) is 102 Å². The van der Waals surface area contributed by atoms with Gasteiger partial charge in [-0.15, -0.1) is 0 Å².